The Bertz CT molecular complexity index is 446. The average molecular weight is 248 g/mol. The summed E-state index contributed by atoms with van der Waals surface area (Å²) in [7, 11) is 0. The van der Waals surface area contributed by atoms with E-state index in [1.807, 2.05) is 12.1 Å². The zero-order valence-corrected chi connectivity index (χ0v) is 12.1. The van der Waals surface area contributed by atoms with Gasteiger partial charge in [0.2, 0.25) is 0 Å². The predicted molar refractivity (Wildman–Crippen MR) is 73.9 cm³/mol. The van der Waals surface area contributed by atoms with Gasteiger partial charge in [0.25, 0.3) is 0 Å². The number of hydrogen-bond donors (Lipinski definition) is 1. The molecule has 1 N–H and O–H groups in total. The summed E-state index contributed by atoms with van der Waals surface area (Å²) in [6.07, 6.45) is 1.44. The van der Waals surface area contributed by atoms with E-state index < -0.39 is 6.10 Å². The molecule has 0 bridgehead atoms. The Kier molecular flexibility index (Phi) is 3.18. The minimum Gasteiger partial charge on any atom is -0.487 e. The summed E-state index contributed by atoms with van der Waals surface area (Å²) in [5, 5.41) is 10.5. The number of hydrogen-bond acceptors (Lipinski definition) is 2. The maximum absolute atomic E-state index is 10.5. The second-order valence-electron chi connectivity index (χ2n) is 6.65. The number of fused-ring (bicyclic) bond motifs is 1. The van der Waals surface area contributed by atoms with Crippen molar-refractivity contribution in [2.24, 2.45) is 5.41 Å². The first-order valence-corrected chi connectivity index (χ1v) is 6.75. The van der Waals surface area contributed by atoms with Gasteiger partial charge in [-0.25, -0.2) is 0 Å². The predicted octanol–water partition coefficient (Wildman–Crippen LogP) is 3.87. The monoisotopic (exact) mass is 248 g/mol. The summed E-state index contributed by atoms with van der Waals surface area (Å²) in [6.45, 7) is 10.5. The maximum Gasteiger partial charge on any atom is 0.123 e. The van der Waals surface area contributed by atoms with Crippen molar-refractivity contribution >= 4 is 0 Å². The summed E-state index contributed by atoms with van der Waals surface area (Å²) in [6, 6.07) is 6.09. The van der Waals surface area contributed by atoms with E-state index in [0.29, 0.717) is 0 Å². The highest BCUT2D eigenvalue weighted by molar-refractivity contribution is 5.42. The second-order valence-corrected chi connectivity index (χ2v) is 6.65. The van der Waals surface area contributed by atoms with Gasteiger partial charge in [0.1, 0.15) is 11.4 Å². The van der Waals surface area contributed by atoms with Crippen LogP contribution in [0.3, 0.4) is 0 Å². The summed E-state index contributed by atoms with van der Waals surface area (Å²) in [5.74, 6) is 0.963. The molecule has 0 fully saturated rings. The van der Waals surface area contributed by atoms with Crippen LogP contribution < -0.4 is 4.74 Å². The Morgan fingerprint density at radius 3 is 2.67 bits per heavy atom. The van der Waals surface area contributed by atoms with Gasteiger partial charge in [-0.05, 0) is 48.9 Å². The highest BCUT2D eigenvalue weighted by Crippen LogP contribution is 2.40. The van der Waals surface area contributed by atoms with Gasteiger partial charge < -0.3 is 9.84 Å². The van der Waals surface area contributed by atoms with Crippen LogP contribution in [0, 0.1) is 5.41 Å². The van der Waals surface area contributed by atoms with Crippen molar-refractivity contribution < 1.29 is 9.84 Å². The minimum absolute atomic E-state index is 0.0940. The lowest BCUT2D eigenvalue weighted by molar-refractivity contribution is 0.0465. The number of aliphatic hydroxyl groups is 1. The quantitative estimate of drug-likeness (QED) is 0.880. The zero-order chi connectivity index (χ0) is 13.6. The van der Waals surface area contributed by atoms with Gasteiger partial charge in [0.15, 0.2) is 0 Å². The van der Waals surface area contributed by atoms with Crippen molar-refractivity contribution in [1.82, 2.24) is 0 Å². The molecule has 1 heterocycles. The molecule has 2 heteroatoms. The fourth-order valence-electron chi connectivity index (χ4n) is 2.44. The topological polar surface area (TPSA) is 29.5 Å². The van der Waals surface area contributed by atoms with Gasteiger partial charge in [-0.15, -0.1) is 0 Å². The molecule has 1 aromatic rings. The molecule has 1 aliphatic heterocycles. The fraction of sp³-hybridized carbons (Fsp3) is 0.625. The van der Waals surface area contributed by atoms with E-state index in [0.717, 1.165) is 24.2 Å². The Labute approximate surface area is 110 Å². The van der Waals surface area contributed by atoms with Crippen LogP contribution in [-0.2, 0) is 6.42 Å². The first-order valence-electron chi connectivity index (χ1n) is 6.75. The Balaban J connectivity index is 2.29. The van der Waals surface area contributed by atoms with Crippen LogP contribution in [0.25, 0.3) is 0 Å². The first-order chi connectivity index (χ1) is 8.25. The van der Waals surface area contributed by atoms with Crippen molar-refractivity contribution in [1.29, 1.82) is 0 Å². The molecule has 2 rings (SSSR count). The van der Waals surface area contributed by atoms with Crippen molar-refractivity contribution in [3.8, 4) is 5.75 Å². The van der Waals surface area contributed by atoms with Crippen molar-refractivity contribution in [3.63, 3.8) is 0 Å². The van der Waals surface area contributed by atoms with E-state index in [2.05, 4.69) is 40.7 Å². The Hall–Kier alpha value is -1.02. The normalized spacial score (nSPS) is 19.2. The molecule has 0 aromatic heterocycles. The molecule has 1 aromatic carbocycles. The van der Waals surface area contributed by atoms with Gasteiger partial charge in [0.05, 0.1) is 6.10 Å². The van der Waals surface area contributed by atoms with E-state index >= 15 is 0 Å². The first kappa shape index (κ1) is 13.4. The third-order valence-corrected chi connectivity index (χ3v) is 4.05. The maximum atomic E-state index is 10.5. The Morgan fingerprint density at radius 1 is 1.39 bits per heavy atom. The van der Waals surface area contributed by atoms with Crippen molar-refractivity contribution in [2.45, 2.75) is 59.2 Å². The van der Waals surface area contributed by atoms with Crippen LogP contribution in [-0.4, -0.2) is 10.7 Å². The summed E-state index contributed by atoms with van der Waals surface area (Å²) < 4.78 is 5.86. The molecule has 1 unspecified atom stereocenters. The molecule has 0 saturated heterocycles. The molecular weight excluding hydrogens is 224 g/mol. The zero-order valence-electron chi connectivity index (χ0n) is 12.1. The molecule has 0 saturated carbocycles. The van der Waals surface area contributed by atoms with Crippen LogP contribution in [0.5, 0.6) is 5.75 Å². The van der Waals surface area contributed by atoms with E-state index in [-0.39, 0.29) is 11.0 Å². The number of ether oxygens (including phenoxy) is 1. The van der Waals surface area contributed by atoms with Crippen LogP contribution >= 0.6 is 0 Å². The van der Waals surface area contributed by atoms with E-state index in [1.54, 1.807) is 0 Å². The lowest BCUT2D eigenvalue weighted by atomic mass is 9.80. The summed E-state index contributed by atoms with van der Waals surface area (Å²) in [5.41, 5.74) is 2.00. The molecular formula is C16H24O2. The molecule has 0 spiro atoms. The van der Waals surface area contributed by atoms with Gasteiger partial charge in [-0.1, -0.05) is 26.8 Å². The smallest absolute Gasteiger partial charge is 0.123 e. The van der Waals surface area contributed by atoms with E-state index in [4.69, 9.17) is 4.74 Å². The van der Waals surface area contributed by atoms with Crippen LogP contribution in [0.2, 0.25) is 0 Å². The third-order valence-electron chi connectivity index (χ3n) is 4.05. The Morgan fingerprint density at radius 2 is 2.06 bits per heavy atom. The number of aliphatic hydroxyl groups excluding tert-OH is 1. The van der Waals surface area contributed by atoms with Gasteiger partial charge in [-0.3, -0.25) is 0 Å². The molecule has 1 aliphatic rings. The molecule has 18 heavy (non-hydrogen) atoms. The number of benzene rings is 1. The molecule has 2 nitrogen and oxygen atoms in total. The van der Waals surface area contributed by atoms with Gasteiger partial charge in [-0.2, -0.15) is 0 Å². The van der Waals surface area contributed by atoms with Crippen molar-refractivity contribution in [2.75, 3.05) is 0 Å². The third kappa shape index (κ3) is 2.39. The average Bonchev–Trinajstić information content (AvgIpc) is 2.60. The van der Waals surface area contributed by atoms with Crippen molar-refractivity contribution in [3.05, 3.63) is 29.3 Å². The standard InChI is InChI=1S/C16H24O2/c1-6-15(2,3)14(17)11-7-8-13-12(9-11)10-16(4,5)18-13/h7-9,14,17H,6,10H2,1-5H3. The van der Waals surface area contributed by atoms with Crippen LogP contribution in [0.4, 0.5) is 0 Å². The lowest BCUT2D eigenvalue weighted by Gasteiger charge is -2.29. The van der Waals surface area contributed by atoms with Crippen LogP contribution in [0.1, 0.15) is 58.3 Å². The highest BCUT2D eigenvalue weighted by Gasteiger charge is 2.32. The number of rotatable bonds is 3. The lowest BCUT2D eigenvalue weighted by Crippen LogP contribution is -2.24. The fourth-order valence-corrected chi connectivity index (χ4v) is 2.44. The minimum atomic E-state index is -0.420. The van der Waals surface area contributed by atoms with Gasteiger partial charge >= 0.3 is 0 Å². The molecule has 1 atom stereocenters. The SMILES string of the molecule is CCC(C)(C)C(O)c1ccc2c(c1)CC(C)(C)O2. The molecule has 0 radical (unpaired) electrons. The van der Waals surface area contributed by atoms with E-state index in [9.17, 15) is 5.11 Å². The molecule has 0 aliphatic carbocycles. The second kappa shape index (κ2) is 4.27. The summed E-state index contributed by atoms with van der Waals surface area (Å²) >= 11 is 0. The molecule has 0 amide bonds. The van der Waals surface area contributed by atoms with E-state index in [1.165, 1.54) is 5.56 Å². The largest absolute Gasteiger partial charge is 0.487 e. The molecule has 100 valence electrons. The summed E-state index contributed by atoms with van der Waals surface area (Å²) in [4.78, 5) is 0. The van der Waals surface area contributed by atoms with Crippen LogP contribution in [0.15, 0.2) is 18.2 Å². The highest BCUT2D eigenvalue weighted by atomic mass is 16.5. The van der Waals surface area contributed by atoms with Gasteiger partial charge in [0, 0.05) is 6.42 Å².